The third-order valence-electron chi connectivity index (χ3n) is 1.90. The van der Waals surface area contributed by atoms with Gasteiger partial charge in [-0.2, -0.15) is 0 Å². The van der Waals surface area contributed by atoms with Gasteiger partial charge in [0, 0.05) is 17.6 Å². The molecule has 0 saturated carbocycles. The van der Waals surface area contributed by atoms with E-state index in [1.54, 1.807) is 0 Å². The maximum atomic E-state index is 8.48. The van der Waals surface area contributed by atoms with Crippen LogP contribution < -0.4 is 5.32 Å². The van der Waals surface area contributed by atoms with E-state index in [1.807, 2.05) is 12.1 Å². The molecule has 0 aliphatic heterocycles. The van der Waals surface area contributed by atoms with Crippen LogP contribution in [0.4, 0.5) is 0 Å². The summed E-state index contributed by atoms with van der Waals surface area (Å²) in [6, 6.07) is 8.20. The molecule has 0 spiro atoms. The van der Waals surface area contributed by atoms with Crippen LogP contribution in [0.1, 0.15) is 5.56 Å². The third-order valence-corrected chi connectivity index (χ3v) is 2.43. The van der Waals surface area contributed by atoms with E-state index in [1.165, 1.54) is 5.56 Å². The summed E-state index contributed by atoms with van der Waals surface area (Å²) in [4.78, 5) is 0. The summed E-state index contributed by atoms with van der Waals surface area (Å²) in [7, 11) is 0. The lowest BCUT2D eigenvalue weighted by atomic mass is 10.2. The van der Waals surface area contributed by atoms with Crippen LogP contribution in [0, 0.1) is 0 Å². The van der Waals surface area contributed by atoms with E-state index >= 15 is 0 Å². The van der Waals surface area contributed by atoms with Gasteiger partial charge in [-0.3, -0.25) is 0 Å². The first kappa shape index (κ1) is 15.9. The Labute approximate surface area is 111 Å². The Morgan fingerprint density at radius 1 is 1.19 bits per heavy atom. The highest BCUT2D eigenvalue weighted by Gasteiger charge is 1.92. The number of hydrogen-bond donors (Lipinski definition) is 2. The molecule has 1 rings (SSSR count). The predicted octanol–water partition coefficient (Wildman–Crippen LogP) is 1.97. The minimum Gasteiger partial charge on any atom is -0.394 e. The SMILES string of the molecule is Cl.OCCOCCNCc1ccc(Br)cc1. The zero-order valence-corrected chi connectivity index (χ0v) is 11.4. The van der Waals surface area contributed by atoms with E-state index in [0.29, 0.717) is 13.2 Å². The summed E-state index contributed by atoms with van der Waals surface area (Å²) >= 11 is 3.39. The topological polar surface area (TPSA) is 41.5 Å². The van der Waals surface area contributed by atoms with Gasteiger partial charge in [-0.1, -0.05) is 28.1 Å². The summed E-state index contributed by atoms with van der Waals surface area (Å²) in [6.45, 7) is 2.79. The molecule has 0 aliphatic rings. The molecule has 2 N–H and O–H groups in total. The molecule has 0 unspecified atom stereocenters. The monoisotopic (exact) mass is 309 g/mol. The van der Waals surface area contributed by atoms with Gasteiger partial charge in [-0.15, -0.1) is 12.4 Å². The van der Waals surface area contributed by atoms with Gasteiger partial charge < -0.3 is 15.2 Å². The zero-order chi connectivity index (χ0) is 10.9. The van der Waals surface area contributed by atoms with Gasteiger partial charge in [0.15, 0.2) is 0 Å². The third kappa shape index (κ3) is 7.19. The molecule has 0 fully saturated rings. The average molecular weight is 311 g/mol. The first-order chi connectivity index (χ1) is 7.33. The van der Waals surface area contributed by atoms with Crippen molar-refractivity contribution in [2.24, 2.45) is 0 Å². The summed E-state index contributed by atoms with van der Waals surface area (Å²) < 4.78 is 6.21. The quantitative estimate of drug-likeness (QED) is 0.757. The highest BCUT2D eigenvalue weighted by atomic mass is 79.9. The first-order valence-electron chi connectivity index (χ1n) is 4.96. The molecule has 0 amide bonds. The van der Waals surface area contributed by atoms with Gasteiger partial charge in [0.1, 0.15) is 0 Å². The van der Waals surface area contributed by atoms with Crippen LogP contribution in [0.5, 0.6) is 0 Å². The van der Waals surface area contributed by atoms with Crippen molar-refractivity contribution in [3.05, 3.63) is 34.3 Å². The van der Waals surface area contributed by atoms with Gasteiger partial charge in [0.05, 0.1) is 19.8 Å². The van der Waals surface area contributed by atoms with Crippen molar-refractivity contribution in [1.29, 1.82) is 0 Å². The van der Waals surface area contributed by atoms with Crippen LogP contribution in [0.15, 0.2) is 28.7 Å². The van der Waals surface area contributed by atoms with Crippen molar-refractivity contribution in [3.8, 4) is 0 Å². The smallest absolute Gasteiger partial charge is 0.0698 e. The second-order valence-electron chi connectivity index (χ2n) is 3.14. The Morgan fingerprint density at radius 2 is 1.88 bits per heavy atom. The number of ether oxygens (including phenoxy) is 1. The fraction of sp³-hybridized carbons (Fsp3) is 0.455. The Hall–Kier alpha value is -0.130. The van der Waals surface area contributed by atoms with Crippen molar-refractivity contribution in [3.63, 3.8) is 0 Å². The Morgan fingerprint density at radius 3 is 2.50 bits per heavy atom. The number of nitrogens with one attached hydrogen (secondary N) is 1. The molecule has 0 radical (unpaired) electrons. The molecule has 3 nitrogen and oxygen atoms in total. The number of aliphatic hydroxyl groups excluding tert-OH is 1. The van der Waals surface area contributed by atoms with E-state index in [4.69, 9.17) is 9.84 Å². The fourth-order valence-corrected chi connectivity index (χ4v) is 1.41. The highest BCUT2D eigenvalue weighted by Crippen LogP contribution is 2.09. The number of hydrogen-bond acceptors (Lipinski definition) is 3. The van der Waals surface area contributed by atoms with Gasteiger partial charge in [-0.25, -0.2) is 0 Å². The van der Waals surface area contributed by atoms with Crippen molar-refractivity contribution in [2.75, 3.05) is 26.4 Å². The molecule has 0 bridgehead atoms. The number of benzene rings is 1. The maximum Gasteiger partial charge on any atom is 0.0698 e. The average Bonchev–Trinajstić information content (AvgIpc) is 2.26. The Bertz CT molecular complexity index is 269. The van der Waals surface area contributed by atoms with Gasteiger partial charge in [0.25, 0.3) is 0 Å². The molecule has 5 heteroatoms. The van der Waals surface area contributed by atoms with Crippen LogP contribution >= 0.6 is 28.3 Å². The lowest BCUT2D eigenvalue weighted by molar-refractivity contribution is 0.0938. The molecule has 16 heavy (non-hydrogen) atoms. The molecule has 0 atom stereocenters. The fourth-order valence-electron chi connectivity index (χ4n) is 1.15. The lowest BCUT2D eigenvalue weighted by Crippen LogP contribution is -2.19. The van der Waals surface area contributed by atoms with E-state index in [-0.39, 0.29) is 19.0 Å². The summed E-state index contributed by atoms with van der Waals surface area (Å²) in [5.74, 6) is 0. The largest absolute Gasteiger partial charge is 0.394 e. The van der Waals surface area contributed by atoms with E-state index in [2.05, 4.69) is 33.4 Å². The van der Waals surface area contributed by atoms with Crippen molar-refractivity contribution in [2.45, 2.75) is 6.54 Å². The second-order valence-corrected chi connectivity index (χ2v) is 4.05. The number of rotatable bonds is 7. The van der Waals surface area contributed by atoms with Crippen LogP contribution in [-0.2, 0) is 11.3 Å². The molecule has 92 valence electrons. The summed E-state index contributed by atoms with van der Waals surface area (Å²) in [6.07, 6.45) is 0. The molecule has 0 aromatic heterocycles. The van der Waals surface area contributed by atoms with Crippen LogP contribution in [0.2, 0.25) is 0 Å². The number of aliphatic hydroxyl groups is 1. The lowest BCUT2D eigenvalue weighted by Gasteiger charge is -2.05. The minimum atomic E-state index is 0. The van der Waals surface area contributed by atoms with E-state index in [0.717, 1.165) is 17.6 Å². The normalized spacial score (nSPS) is 9.88. The van der Waals surface area contributed by atoms with Crippen molar-refractivity contribution >= 4 is 28.3 Å². The first-order valence-corrected chi connectivity index (χ1v) is 5.76. The predicted molar refractivity (Wildman–Crippen MR) is 71.0 cm³/mol. The maximum absolute atomic E-state index is 8.48. The summed E-state index contributed by atoms with van der Waals surface area (Å²) in [5.41, 5.74) is 1.25. The van der Waals surface area contributed by atoms with Crippen molar-refractivity contribution in [1.82, 2.24) is 5.32 Å². The highest BCUT2D eigenvalue weighted by molar-refractivity contribution is 9.10. The number of halogens is 2. The van der Waals surface area contributed by atoms with Crippen LogP contribution in [0.3, 0.4) is 0 Å². The molecule has 0 aliphatic carbocycles. The molecule has 1 aromatic rings. The minimum absolute atomic E-state index is 0. The van der Waals surface area contributed by atoms with Gasteiger partial charge in [0.2, 0.25) is 0 Å². The summed E-state index contributed by atoms with van der Waals surface area (Å²) in [5, 5.41) is 11.7. The van der Waals surface area contributed by atoms with Gasteiger partial charge in [-0.05, 0) is 17.7 Å². The van der Waals surface area contributed by atoms with E-state index < -0.39 is 0 Å². The molecule has 0 saturated heterocycles. The standard InChI is InChI=1S/C11H16BrNO2.ClH/c12-11-3-1-10(2-4-11)9-13-5-7-15-8-6-14;/h1-4,13-14H,5-9H2;1H. The molecule has 0 heterocycles. The Balaban J connectivity index is 0.00000225. The Kier molecular flexibility index (Phi) is 9.97. The molecular formula is C11H17BrClNO2. The van der Waals surface area contributed by atoms with Crippen LogP contribution in [0.25, 0.3) is 0 Å². The van der Waals surface area contributed by atoms with Crippen molar-refractivity contribution < 1.29 is 9.84 Å². The second kappa shape index (κ2) is 10.1. The van der Waals surface area contributed by atoms with Crippen LogP contribution in [-0.4, -0.2) is 31.5 Å². The molecule has 1 aromatic carbocycles. The van der Waals surface area contributed by atoms with E-state index in [9.17, 15) is 0 Å². The zero-order valence-electron chi connectivity index (χ0n) is 8.99. The molecular weight excluding hydrogens is 293 g/mol. The van der Waals surface area contributed by atoms with Gasteiger partial charge >= 0.3 is 0 Å².